The molecule has 0 saturated heterocycles. The number of carbonyl (C=O) groups excluding carboxylic acids is 1. The molecule has 0 fully saturated rings. The first kappa shape index (κ1) is 22.3. The van der Waals surface area contributed by atoms with Crippen LogP contribution in [0.1, 0.15) is 43.4 Å². The molecule has 0 radical (unpaired) electrons. The molecule has 0 bridgehead atoms. The predicted molar refractivity (Wildman–Crippen MR) is 123 cm³/mol. The van der Waals surface area contributed by atoms with Crippen LogP contribution in [0.4, 0.5) is 0 Å². The van der Waals surface area contributed by atoms with Crippen molar-refractivity contribution in [2.75, 3.05) is 0 Å². The Morgan fingerprint density at radius 2 is 2.03 bits per heavy atom. The van der Waals surface area contributed by atoms with E-state index in [9.17, 15) is 20.1 Å². The van der Waals surface area contributed by atoms with Gasteiger partial charge in [0.05, 0.1) is 23.8 Å². The van der Waals surface area contributed by atoms with Crippen LogP contribution in [0, 0.1) is 41.1 Å². The quantitative estimate of drug-likeness (QED) is 0.293. The molecule has 0 unspecified atom stereocenters. The van der Waals surface area contributed by atoms with Crippen LogP contribution in [0.5, 0.6) is 0 Å². The van der Waals surface area contributed by atoms with Crippen LogP contribution in [0.25, 0.3) is 21.9 Å². The molecule has 1 aliphatic heterocycles. The zero-order chi connectivity index (χ0) is 24.5. The number of hydrogen-bond donors (Lipinski definition) is 0. The van der Waals surface area contributed by atoms with Crippen molar-refractivity contribution >= 4 is 22.8 Å². The molecular formula is C27H17N3O4. The molecule has 164 valence electrons. The highest BCUT2D eigenvalue weighted by Crippen LogP contribution is 2.40. The highest BCUT2D eigenvalue weighted by atomic mass is 16.5. The van der Waals surface area contributed by atoms with Crippen molar-refractivity contribution in [3.63, 3.8) is 0 Å². The van der Waals surface area contributed by atoms with Gasteiger partial charge in [0.25, 0.3) is 0 Å². The molecule has 1 aromatic heterocycles. The molecule has 7 nitrogen and oxygen atoms in total. The first-order valence-corrected chi connectivity index (χ1v) is 10.4. The van der Waals surface area contributed by atoms with E-state index in [1.165, 1.54) is 6.08 Å². The average Bonchev–Trinajstić information content (AvgIpc) is 3.04. The van der Waals surface area contributed by atoms with Crippen molar-refractivity contribution in [3.05, 3.63) is 85.4 Å². The molecule has 1 aromatic carbocycles. The fourth-order valence-corrected chi connectivity index (χ4v) is 3.92. The van der Waals surface area contributed by atoms with Gasteiger partial charge in [-0.3, -0.25) is 4.79 Å². The summed E-state index contributed by atoms with van der Waals surface area (Å²) in [7, 11) is 0. The van der Waals surface area contributed by atoms with Crippen LogP contribution < -0.4 is 5.63 Å². The second kappa shape index (κ2) is 8.59. The molecule has 2 heterocycles. The van der Waals surface area contributed by atoms with E-state index in [-0.39, 0.29) is 34.8 Å². The number of benzene rings is 1. The number of allylic oxidation sites excluding steroid dienone is 2. The Bertz CT molecular complexity index is 1580. The fourth-order valence-electron chi connectivity index (χ4n) is 3.92. The molecule has 0 atom stereocenters. The highest BCUT2D eigenvalue weighted by Gasteiger charge is 2.38. The number of nitrogens with zero attached hydrogens (tertiary/aromatic N) is 3. The third kappa shape index (κ3) is 4.00. The van der Waals surface area contributed by atoms with E-state index in [4.69, 9.17) is 15.7 Å². The molecule has 2 aromatic rings. The van der Waals surface area contributed by atoms with E-state index < -0.39 is 11.2 Å². The summed E-state index contributed by atoms with van der Waals surface area (Å²) in [6.45, 7) is 10.6. The number of carbonyl (C=O) groups is 1. The smallest absolute Gasteiger partial charge is 0.343 e. The van der Waals surface area contributed by atoms with Gasteiger partial charge in [-0.05, 0) is 43.7 Å². The molecule has 0 saturated carbocycles. The Morgan fingerprint density at radius 1 is 1.24 bits per heavy atom. The third-order valence-electron chi connectivity index (χ3n) is 5.60. The lowest BCUT2D eigenvalue weighted by Gasteiger charge is -2.20. The summed E-state index contributed by atoms with van der Waals surface area (Å²) in [6.07, 6.45) is 4.26. The Kier molecular flexibility index (Phi) is 5.65. The minimum Gasteiger partial charge on any atom is -0.492 e. The van der Waals surface area contributed by atoms with Gasteiger partial charge in [0.1, 0.15) is 23.0 Å². The SMILES string of the molecule is [C-]#[N+]/C(C#N)=C1\OC(C)(C)C(/C=C/c2cc3cc4c(cc3oc2=O)C#CCCC(=O)C4)=C1C#N. The van der Waals surface area contributed by atoms with E-state index in [1.54, 1.807) is 44.2 Å². The number of ketones is 1. The topological polar surface area (TPSA) is 108 Å². The Labute approximate surface area is 195 Å². The van der Waals surface area contributed by atoms with Crippen LogP contribution >= 0.6 is 0 Å². The van der Waals surface area contributed by atoms with E-state index in [2.05, 4.69) is 16.7 Å². The molecule has 7 heteroatoms. The summed E-state index contributed by atoms with van der Waals surface area (Å²) >= 11 is 0. The van der Waals surface area contributed by atoms with Gasteiger partial charge in [-0.15, -0.1) is 0 Å². The largest absolute Gasteiger partial charge is 0.492 e. The summed E-state index contributed by atoms with van der Waals surface area (Å²) < 4.78 is 11.2. The van der Waals surface area contributed by atoms with Crippen LogP contribution in [0.15, 0.2) is 56.1 Å². The molecular weight excluding hydrogens is 430 g/mol. The number of ether oxygens (including phenoxy) is 1. The summed E-state index contributed by atoms with van der Waals surface area (Å²) in [5.74, 6) is 6.04. The van der Waals surface area contributed by atoms with Gasteiger partial charge in [-0.1, -0.05) is 17.9 Å². The minimum atomic E-state index is -0.990. The van der Waals surface area contributed by atoms with Crippen molar-refractivity contribution in [2.45, 2.75) is 38.7 Å². The fraction of sp³-hybridized carbons (Fsp3) is 0.222. The van der Waals surface area contributed by atoms with E-state index in [0.717, 1.165) is 5.56 Å². The zero-order valence-corrected chi connectivity index (χ0v) is 18.5. The molecule has 0 amide bonds. The monoisotopic (exact) mass is 447 g/mol. The molecule has 34 heavy (non-hydrogen) atoms. The first-order chi connectivity index (χ1) is 16.3. The maximum atomic E-state index is 12.6. The number of nitriles is 2. The molecule has 0 spiro atoms. The van der Waals surface area contributed by atoms with Gasteiger partial charge in [0.15, 0.2) is 5.76 Å². The molecule has 2 aliphatic rings. The third-order valence-corrected chi connectivity index (χ3v) is 5.60. The van der Waals surface area contributed by atoms with Crippen molar-refractivity contribution in [1.82, 2.24) is 0 Å². The summed E-state index contributed by atoms with van der Waals surface area (Å²) in [4.78, 5) is 27.9. The molecule has 0 N–H and O–H groups in total. The second-order valence-corrected chi connectivity index (χ2v) is 8.30. The van der Waals surface area contributed by atoms with Crippen LogP contribution in [-0.2, 0) is 16.0 Å². The Hall–Kier alpha value is -4.85. The Balaban J connectivity index is 1.82. The van der Waals surface area contributed by atoms with Crippen molar-refractivity contribution in [1.29, 1.82) is 10.5 Å². The predicted octanol–water partition coefficient (Wildman–Crippen LogP) is 4.35. The van der Waals surface area contributed by atoms with Gasteiger partial charge < -0.3 is 9.15 Å². The van der Waals surface area contributed by atoms with Crippen molar-refractivity contribution < 1.29 is 13.9 Å². The van der Waals surface area contributed by atoms with Gasteiger partial charge in [-0.2, -0.15) is 5.26 Å². The number of hydrogen-bond acceptors (Lipinski definition) is 6. The lowest BCUT2D eigenvalue weighted by Crippen LogP contribution is -2.20. The minimum absolute atomic E-state index is 0.0671. The number of fused-ring (bicyclic) bond motifs is 2. The highest BCUT2D eigenvalue weighted by molar-refractivity contribution is 5.87. The van der Waals surface area contributed by atoms with Crippen LogP contribution in [0.2, 0.25) is 0 Å². The van der Waals surface area contributed by atoms with Crippen molar-refractivity contribution in [3.8, 4) is 24.0 Å². The van der Waals surface area contributed by atoms with E-state index in [0.29, 0.717) is 34.9 Å². The summed E-state index contributed by atoms with van der Waals surface area (Å²) in [5.41, 5.74) is 0.674. The lowest BCUT2D eigenvalue weighted by atomic mass is 9.94. The van der Waals surface area contributed by atoms with Gasteiger partial charge in [-0.25, -0.2) is 14.9 Å². The summed E-state index contributed by atoms with van der Waals surface area (Å²) in [6, 6.07) is 8.89. The lowest BCUT2D eigenvalue weighted by molar-refractivity contribution is -0.118. The number of Topliss-reactive ketones (excluding diaryl/α,β-unsaturated/α-hetero) is 1. The molecule has 4 rings (SSSR count). The van der Waals surface area contributed by atoms with E-state index in [1.807, 2.05) is 6.07 Å². The maximum absolute atomic E-state index is 12.6. The van der Waals surface area contributed by atoms with Crippen molar-refractivity contribution in [2.24, 2.45) is 0 Å². The van der Waals surface area contributed by atoms with E-state index >= 15 is 0 Å². The summed E-state index contributed by atoms with van der Waals surface area (Å²) in [5, 5.41) is 19.5. The Morgan fingerprint density at radius 3 is 2.74 bits per heavy atom. The second-order valence-electron chi connectivity index (χ2n) is 8.30. The van der Waals surface area contributed by atoms with Gasteiger partial charge in [0, 0.05) is 35.8 Å². The van der Waals surface area contributed by atoms with Gasteiger partial charge in [0.2, 0.25) is 0 Å². The van der Waals surface area contributed by atoms with Crippen LogP contribution in [0.3, 0.4) is 0 Å². The maximum Gasteiger partial charge on any atom is 0.343 e. The standard InChI is InChI=1S/C27H17N3O4/c1-27(2)22(21(14-28)25(34-27)23(15-29)30-3)9-8-17-10-19-11-18-12-20(31)7-5-4-6-16(18)13-24(19)33-26(17)32/h8-11,13H,5,7,12H2,1-2H3/b9-8+,25-23-. The first-order valence-electron chi connectivity index (χ1n) is 10.4. The van der Waals surface area contributed by atoms with Crippen LogP contribution in [-0.4, -0.2) is 11.4 Å². The normalized spacial score (nSPS) is 18.0. The zero-order valence-electron chi connectivity index (χ0n) is 18.5. The number of rotatable bonds is 2. The average molecular weight is 447 g/mol. The molecule has 1 aliphatic carbocycles. The van der Waals surface area contributed by atoms with Gasteiger partial charge >= 0.3 is 11.3 Å².